The summed E-state index contributed by atoms with van der Waals surface area (Å²) in [6.45, 7) is 0.0924. The molecule has 164 valence electrons. The summed E-state index contributed by atoms with van der Waals surface area (Å²) in [6, 6.07) is 13.4. The molecular formula is C22H22N6O4. The van der Waals surface area contributed by atoms with Crippen molar-refractivity contribution in [3.8, 4) is 11.3 Å². The van der Waals surface area contributed by atoms with E-state index in [0.717, 1.165) is 11.1 Å². The normalized spacial score (nSPS) is 23.0. The van der Waals surface area contributed by atoms with Crippen LogP contribution in [0.1, 0.15) is 11.8 Å². The number of anilines is 1. The van der Waals surface area contributed by atoms with Crippen LogP contribution in [0.4, 0.5) is 5.82 Å². The van der Waals surface area contributed by atoms with Crippen molar-refractivity contribution < 1.29 is 20.1 Å². The highest BCUT2D eigenvalue weighted by atomic mass is 16.6. The van der Waals surface area contributed by atoms with Crippen molar-refractivity contribution >= 4 is 16.9 Å². The minimum absolute atomic E-state index is 0.423. The fraction of sp³-hybridized carbons (Fsp3) is 0.273. The van der Waals surface area contributed by atoms with Crippen LogP contribution in [0.15, 0.2) is 61.2 Å². The molecule has 0 aliphatic carbocycles. The smallest absolute Gasteiger partial charge is 0.181 e. The summed E-state index contributed by atoms with van der Waals surface area (Å²) in [5.74, 6) is 0.573. The van der Waals surface area contributed by atoms with Crippen LogP contribution < -0.4 is 5.32 Å². The van der Waals surface area contributed by atoms with Gasteiger partial charge in [-0.2, -0.15) is 5.10 Å². The SMILES string of the molecule is OC[C@H]1O[C@@H](n2nc(-c3ccccc3)c3c(NCc4ccncc4)ncnc32)[C@@H](O)[C@H]1O. The predicted molar refractivity (Wildman–Crippen MR) is 115 cm³/mol. The summed E-state index contributed by atoms with van der Waals surface area (Å²) in [5.41, 5.74) is 2.91. The largest absolute Gasteiger partial charge is 0.394 e. The number of nitrogens with zero attached hydrogens (tertiary/aromatic N) is 5. The first kappa shape index (κ1) is 20.5. The molecule has 1 aliphatic rings. The molecule has 4 heterocycles. The third-order valence-electron chi connectivity index (χ3n) is 5.50. The molecule has 0 bridgehead atoms. The van der Waals surface area contributed by atoms with Crippen LogP contribution in [0, 0.1) is 0 Å². The van der Waals surface area contributed by atoms with Crippen molar-refractivity contribution in [2.24, 2.45) is 0 Å². The Morgan fingerprint density at radius 2 is 1.78 bits per heavy atom. The first-order chi connectivity index (χ1) is 15.7. The molecule has 4 atom stereocenters. The molecule has 5 rings (SSSR count). The summed E-state index contributed by atoms with van der Waals surface area (Å²) < 4.78 is 7.16. The van der Waals surface area contributed by atoms with Gasteiger partial charge in [0, 0.05) is 24.5 Å². The first-order valence-electron chi connectivity index (χ1n) is 10.2. The van der Waals surface area contributed by atoms with Crippen molar-refractivity contribution in [1.29, 1.82) is 0 Å². The lowest BCUT2D eigenvalue weighted by Crippen LogP contribution is -2.33. The highest BCUT2D eigenvalue weighted by Crippen LogP contribution is 2.36. The zero-order valence-corrected chi connectivity index (χ0v) is 17.0. The number of aliphatic hydroxyl groups is 3. The summed E-state index contributed by atoms with van der Waals surface area (Å²) >= 11 is 0. The molecule has 10 nitrogen and oxygen atoms in total. The molecule has 0 amide bonds. The average molecular weight is 434 g/mol. The average Bonchev–Trinajstić information content (AvgIpc) is 3.37. The second-order valence-electron chi connectivity index (χ2n) is 7.52. The van der Waals surface area contributed by atoms with Gasteiger partial charge < -0.3 is 25.4 Å². The number of hydrogen-bond acceptors (Lipinski definition) is 9. The van der Waals surface area contributed by atoms with Gasteiger partial charge in [0.15, 0.2) is 11.9 Å². The second-order valence-corrected chi connectivity index (χ2v) is 7.52. The minimum Gasteiger partial charge on any atom is -0.394 e. The summed E-state index contributed by atoms with van der Waals surface area (Å²) in [4.78, 5) is 12.9. The van der Waals surface area contributed by atoms with Gasteiger partial charge >= 0.3 is 0 Å². The van der Waals surface area contributed by atoms with E-state index >= 15 is 0 Å². The standard InChI is InChI=1S/C22H22N6O4/c29-11-15-18(30)19(31)22(32-15)28-21-16(17(27-28)14-4-2-1-3-5-14)20(25-12-26-21)24-10-13-6-8-23-9-7-13/h1-9,12,15,18-19,22,29-31H,10-11H2,(H,24,25,26)/t15-,18+,19+,22-/m1/s1. The van der Waals surface area contributed by atoms with E-state index in [0.29, 0.717) is 29.1 Å². The predicted octanol–water partition coefficient (Wildman–Crippen LogP) is 1.11. The molecule has 1 aliphatic heterocycles. The molecule has 0 radical (unpaired) electrons. The number of nitrogens with one attached hydrogen (secondary N) is 1. The third-order valence-corrected chi connectivity index (χ3v) is 5.50. The van der Waals surface area contributed by atoms with Gasteiger partial charge in [-0.3, -0.25) is 4.98 Å². The van der Waals surface area contributed by atoms with E-state index in [-0.39, 0.29) is 0 Å². The molecule has 1 aromatic carbocycles. The Bertz CT molecular complexity index is 1200. The van der Waals surface area contributed by atoms with Crippen molar-refractivity contribution in [1.82, 2.24) is 24.7 Å². The van der Waals surface area contributed by atoms with Crippen LogP contribution in [0.2, 0.25) is 0 Å². The Balaban J connectivity index is 1.62. The van der Waals surface area contributed by atoms with Gasteiger partial charge in [0.05, 0.1) is 12.0 Å². The first-order valence-corrected chi connectivity index (χ1v) is 10.2. The van der Waals surface area contributed by atoms with Crippen molar-refractivity contribution in [3.63, 3.8) is 0 Å². The van der Waals surface area contributed by atoms with E-state index in [1.165, 1.54) is 11.0 Å². The maximum absolute atomic E-state index is 10.6. The molecule has 4 aromatic rings. The van der Waals surface area contributed by atoms with Gasteiger partial charge in [-0.25, -0.2) is 14.6 Å². The lowest BCUT2D eigenvalue weighted by atomic mass is 10.1. The fourth-order valence-corrected chi connectivity index (χ4v) is 3.85. The highest BCUT2D eigenvalue weighted by Gasteiger charge is 2.45. The van der Waals surface area contributed by atoms with Crippen LogP contribution in [0.3, 0.4) is 0 Å². The van der Waals surface area contributed by atoms with E-state index in [1.54, 1.807) is 12.4 Å². The Morgan fingerprint density at radius 1 is 1.00 bits per heavy atom. The number of fused-ring (bicyclic) bond motifs is 1. The van der Waals surface area contributed by atoms with Crippen LogP contribution in [0.25, 0.3) is 22.3 Å². The fourth-order valence-electron chi connectivity index (χ4n) is 3.85. The van der Waals surface area contributed by atoms with Gasteiger partial charge in [0.1, 0.15) is 36.2 Å². The number of aliphatic hydroxyl groups excluding tert-OH is 3. The van der Waals surface area contributed by atoms with Gasteiger partial charge in [0.25, 0.3) is 0 Å². The van der Waals surface area contributed by atoms with E-state index in [4.69, 9.17) is 9.84 Å². The Hall–Kier alpha value is -3.44. The molecule has 10 heteroatoms. The van der Waals surface area contributed by atoms with Gasteiger partial charge in [-0.15, -0.1) is 0 Å². The van der Waals surface area contributed by atoms with Crippen molar-refractivity contribution in [3.05, 3.63) is 66.7 Å². The van der Waals surface area contributed by atoms with Crippen LogP contribution in [0.5, 0.6) is 0 Å². The molecule has 32 heavy (non-hydrogen) atoms. The zero-order chi connectivity index (χ0) is 22.1. The molecule has 0 spiro atoms. The molecular weight excluding hydrogens is 412 g/mol. The second kappa shape index (κ2) is 8.60. The van der Waals surface area contributed by atoms with Crippen LogP contribution >= 0.6 is 0 Å². The number of hydrogen-bond donors (Lipinski definition) is 4. The third kappa shape index (κ3) is 3.59. The number of pyridine rings is 1. The van der Waals surface area contributed by atoms with Gasteiger partial charge in [0.2, 0.25) is 0 Å². The zero-order valence-electron chi connectivity index (χ0n) is 17.0. The molecule has 1 saturated heterocycles. The summed E-state index contributed by atoms with van der Waals surface area (Å²) in [6.07, 6.45) is 0.415. The Morgan fingerprint density at radius 3 is 2.50 bits per heavy atom. The lowest BCUT2D eigenvalue weighted by Gasteiger charge is -2.15. The monoisotopic (exact) mass is 434 g/mol. The highest BCUT2D eigenvalue weighted by molar-refractivity contribution is 5.99. The maximum Gasteiger partial charge on any atom is 0.181 e. The number of rotatable bonds is 6. The van der Waals surface area contributed by atoms with Crippen LogP contribution in [-0.4, -0.2) is 65.0 Å². The molecule has 3 aromatic heterocycles. The summed E-state index contributed by atoms with van der Waals surface area (Å²) in [7, 11) is 0. The van der Waals surface area contributed by atoms with Crippen LogP contribution in [-0.2, 0) is 11.3 Å². The summed E-state index contributed by atoms with van der Waals surface area (Å²) in [5, 5.41) is 38.9. The van der Waals surface area contributed by atoms with Gasteiger partial charge in [-0.05, 0) is 17.7 Å². The van der Waals surface area contributed by atoms with Crippen molar-refractivity contribution in [2.75, 3.05) is 11.9 Å². The maximum atomic E-state index is 10.6. The molecule has 0 saturated carbocycles. The van der Waals surface area contributed by atoms with E-state index in [9.17, 15) is 15.3 Å². The Labute approximate surface area is 183 Å². The van der Waals surface area contributed by atoms with Crippen molar-refractivity contribution in [2.45, 2.75) is 31.1 Å². The van der Waals surface area contributed by atoms with E-state index in [1.807, 2.05) is 42.5 Å². The molecule has 1 fully saturated rings. The van der Waals surface area contributed by atoms with E-state index in [2.05, 4.69) is 20.3 Å². The lowest BCUT2D eigenvalue weighted by molar-refractivity contribution is -0.0565. The quantitative estimate of drug-likeness (QED) is 0.351. The van der Waals surface area contributed by atoms with Gasteiger partial charge in [-0.1, -0.05) is 30.3 Å². The number of ether oxygens (including phenoxy) is 1. The molecule has 4 N–H and O–H groups in total. The number of benzene rings is 1. The number of aromatic nitrogens is 5. The topological polar surface area (TPSA) is 138 Å². The molecule has 0 unspecified atom stereocenters. The van der Waals surface area contributed by atoms with E-state index < -0.39 is 31.1 Å². The minimum atomic E-state index is -1.28. The Kier molecular flexibility index (Phi) is 5.50.